The van der Waals surface area contributed by atoms with Crippen LogP contribution in [0.5, 0.6) is 0 Å². The number of rotatable bonds is 3. The molecule has 0 amide bonds. The fourth-order valence-electron chi connectivity index (χ4n) is 3.74. The Morgan fingerprint density at radius 1 is 1.35 bits per heavy atom. The number of nitrogens with zero attached hydrogens (tertiary/aromatic N) is 1. The number of fused-ring (bicyclic) bond motifs is 1. The quantitative estimate of drug-likeness (QED) is 0.920. The smallest absolute Gasteiger partial charge is 0.0547 e. The SMILES string of the molecule is CC(CN)(C1CCOC1)N1CCCCc2ccccc21. The van der Waals surface area contributed by atoms with Crippen LogP contribution in [0, 0.1) is 5.92 Å². The average molecular weight is 274 g/mol. The third-order valence-electron chi connectivity index (χ3n) is 5.20. The van der Waals surface area contributed by atoms with Gasteiger partial charge in [0.1, 0.15) is 0 Å². The van der Waals surface area contributed by atoms with Crippen molar-refractivity contribution >= 4 is 5.69 Å². The van der Waals surface area contributed by atoms with Gasteiger partial charge in [-0.15, -0.1) is 0 Å². The van der Waals surface area contributed by atoms with Gasteiger partial charge in [0.2, 0.25) is 0 Å². The highest BCUT2D eigenvalue weighted by Gasteiger charge is 2.41. The van der Waals surface area contributed by atoms with Gasteiger partial charge in [0, 0.05) is 31.3 Å². The van der Waals surface area contributed by atoms with Crippen LogP contribution in [0.2, 0.25) is 0 Å². The number of benzene rings is 1. The minimum atomic E-state index is 0.0109. The maximum absolute atomic E-state index is 6.23. The van der Waals surface area contributed by atoms with Crippen molar-refractivity contribution in [1.82, 2.24) is 0 Å². The third kappa shape index (κ3) is 2.33. The summed E-state index contributed by atoms with van der Waals surface area (Å²) in [6.07, 6.45) is 4.84. The van der Waals surface area contributed by atoms with E-state index in [-0.39, 0.29) is 5.54 Å². The number of ether oxygens (including phenoxy) is 1. The van der Waals surface area contributed by atoms with Gasteiger partial charge >= 0.3 is 0 Å². The molecule has 0 radical (unpaired) electrons. The van der Waals surface area contributed by atoms with Crippen LogP contribution >= 0.6 is 0 Å². The summed E-state index contributed by atoms with van der Waals surface area (Å²) in [7, 11) is 0. The summed E-state index contributed by atoms with van der Waals surface area (Å²) in [5.74, 6) is 0.540. The van der Waals surface area contributed by atoms with Crippen LogP contribution in [0.1, 0.15) is 31.7 Å². The van der Waals surface area contributed by atoms with E-state index >= 15 is 0 Å². The molecule has 1 saturated heterocycles. The standard InChI is InChI=1S/C17H26N2O/c1-17(13-18,15-9-11-20-12-15)19-10-5-4-7-14-6-2-3-8-16(14)19/h2-3,6,8,15H,4-5,7,9-13,18H2,1H3. The Kier molecular flexibility index (Phi) is 3.99. The van der Waals surface area contributed by atoms with Crippen LogP contribution < -0.4 is 10.6 Å². The van der Waals surface area contributed by atoms with Crippen LogP contribution in [-0.2, 0) is 11.2 Å². The van der Waals surface area contributed by atoms with Gasteiger partial charge in [-0.3, -0.25) is 0 Å². The number of aryl methyl sites for hydroxylation is 1. The Labute approximate surface area is 122 Å². The first-order chi connectivity index (χ1) is 9.75. The molecule has 0 aromatic heterocycles. The maximum Gasteiger partial charge on any atom is 0.0547 e. The van der Waals surface area contributed by atoms with Crippen molar-refractivity contribution in [3.63, 3.8) is 0 Å². The van der Waals surface area contributed by atoms with Crippen molar-refractivity contribution in [1.29, 1.82) is 0 Å². The lowest BCUT2D eigenvalue weighted by atomic mass is 9.82. The van der Waals surface area contributed by atoms with E-state index in [0.717, 1.165) is 26.2 Å². The van der Waals surface area contributed by atoms with E-state index in [1.165, 1.54) is 30.5 Å². The second-order valence-corrected chi connectivity index (χ2v) is 6.36. The average Bonchev–Trinajstić information content (AvgIpc) is 2.94. The van der Waals surface area contributed by atoms with Gasteiger partial charge in [-0.25, -0.2) is 0 Å². The first-order valence-electron chi connectivity index (χ1n) is 7.89. The Bertz CT molecular complexity index is 456. The minimum Gasteiger partial charge on any atom is -0.381 e. The van der Waals surface area contributed by atoms with Gasteiger partial charge in [-0.1, -0.05) is 18.2 Å². The number of hydrogen-bond acceptors (Lipinski definition) is 3. The maximum atomic E-state index is 6.23. The van der Waals surface area contributed by atoms with Gasteiger partial charge in [0.05, 0.1) is 12.1 Å². The molecule has 3 rings (SSSR count). The molecule has 110 valence electrons. The lowest BCUT2D eigenvalue weighted by Gasteiger charge is -2.46. The van der Waals surface area contributed by atoms with Crippen LogP contribution in [0.15, 0.2) is 24.3 Å². The number of hydrogen-bond donors (Lipinski definition) is 1. The zero-order valence-corrected chi connectivity index (χ0v) is 12.5. The number of nitrogens with two attached hydrogens (primary N) is 1. The lowest BCUT2D eigenvalue weighted by molar-refractivity contribution is 0.164. The van der Waals surface area contributed by atoms with Crippen LogP contribution in [0.4, 0.5) is 5.69 Å². The second-order valence-electron chi connectivity index (χ2n) is 6.36. The fraction of sp³-hybridized carbons (Fsp3) is 0.647. The summed E-state index contributed by atoms with van der Waals surface area (Å²) >= 11 is 0. The van der Waals surface area contributed by atoms with E-state index in [2.05, 4.69) is 36.1 Å². The Balaban J connectivity index is 1.98. The summed E-state index contributed by atoms with van der Waals surface area (Å²) < 4.78 is 5.63. The Morgan fingerprint density at radius 2 is 2.20 bits per heavy atom. The third-order valence-corrected chi connectivity index (χ3v) is 5.20. The minimum absolute atomic E-state index is 0.0109. The normalized spacial score (nSPS) is 25.9. The molecule has 1 fully saturated rings. The fourth-order valence-corrected chi connectivity index (χ4v) is 3.74. The first kappa shape index (κ1) is 13.9. The Hall–Kier alpha value is -1.06. The molecule has 2 aliphatic rings. The van der Waals surface area contributed by atoms with E-state index < -0.39 is 0 Å². The van der Waals surface area contributed by atoms with Crippen molar-refractivity contribution in [2.24, 2.45) is 11.7 Å². The van der Waals surface area contributed by atoms with Gasteiger partial charge in [0.25, 0.3) is 0 Å². The van der Waals surface area contributed by atoms with E-state index in [1.54, 1.807) is 0 Å². The van der Waals surface area contributed by atoms with Crippen molar-refractivity contribution in [2.45, 2.75) is 38.1 Å². The monoisotopic (exact) mass is 274 g/mol. The summed E-state index contributed by atoms with van der Waals surface area (Å²) in [5.41, 5.74) is 9.11. The second kappa shape index (κ2) is 5.74. The Morgan fingerprint density at radius 3 is 2.95 bits per heavy atom. The molecule has 0 spiro atoms. The molecule has 0 bridgehead atoms. The molecule has 3 nitrogen and oxygen atoms in total. The van der Waals surface area contributed by atoms with Gasteiger partial charge in [-0.05, 0) is 44.2 Å². The highest BCUT2D eigenvalue weighted by Crippen LogP contribution is 2.37. The molecular formula is C17H26N2O. The molecule has 2 N–H and O–H groups in total. The zero-order chi connectivity index (χ0) is 14.0. The van der Waals surface area contributed by atoms with Crippen LogP contribution in [-0.4, -0.2) is 31.8 Å². The van der Waals surface area contributed by atoms with Gasteiger partial charge in [-0.2, -0.15) is 0 Å². The summed E-state index contributed by atoms with van der Waals surface area (Å²) in [4.78, 5) is 2.58. The number of anilines is 1. The molecule has 0 aliphatic carbocycles. The van der Waals surface area contributed by atoms with E-state index in [9.17, 15) is 0 Å². The largest absolute Gasteiger partial charge is 0.381 e. The van der Waals surface area contributed by atoms with E-state index in [0.29, 0.717) is 12.5 Å². The molecule has 1 aromatic carbocycles. The number of para-hydroxylation sites is 1. The highest BCUT2D eigenvalue weighted by molar-refractivity contribution is 5.56. The molecule has 2 heterocycles. The molecular weight excluding hydrogens is 248 g/mol. The van der Waals surface area contributed by atoms with Crippen LogP contribution in [0.3, 0.4) is 0 Å². The molecule has 2 atom stereocenters. The lowest BCUT2D eigenvalue weighted by Crippen LogP contribution is -2.57. The zero-order valence-electron chi connectivity index (χ0n) is 12.5. The topological polar surface area (TPSA) is 38.5 Å². The highest BCUT2D eigenvalue weighted by atomic mass is 16.5. The molecule has 1 aromatic rings. The van der Waals surface area contributed by atoms with Crippen LogP contribution in [0.25, 0.3) is 0 Å². The summed E-state index contributed by atoms with van der Waals surface area (Å²) in [5, 5.41) is 0. The molecule has 20 heavy (non-hydrogen) atoms. The van der Waals surface area contributed by atoms with Crippen molar-refractivity contribution < 1.29 is 4.74 Å². The summed E-state index contributed by atoms with van der Waals surface area (Å²) in [6.45, 7) is 5.87. The molecule has 2 unspecified atom stereocenters. The van der Waals surface area contributed by atoms with Crippen molar-refractivity contribution in [2.75, 3.05) is 31.2 Å². The van der Waals surface area contributed by atoms with Gasteiger partial charge < -0.3 is 15.4 Å². The molecule has 0 saturated carbocycles. The van der Waals surface area contributed by atoms with Gasteiger partial charge in [0.15, 0.2) is 0 Å². The molecule has 3 heteroatoms. The molecule has 2 aliphatic heterocycles. The van der Waals surface area contributed by atoms with Crippen molar-refractivity contribution in [3.05, 3.63) is 29.8 Å². The first-order valence-corrected chi connectivity index (χ1v) is 7.89. The van der Waals surface area contributed by atoms with E-state index in [1.807, 2.05) is 0 Å². The summed E-state index contributed by atoms with van der Waals surface area (Å²) in [6, 6.07) is 8.85. The predicted molar refractivity (Wildman–Crippen MR) is 83.1 cm³/mol. The predicted octanol–water partition coefficient (Wildman–Crippen LogP) is 2.58. The van der Waals surface area contributed by atoms with Crippen molar-refractivity contribution in [3.8, 4) is 0 Å². The van der Waals surface area contributed by atoms with E-state index in [4.69, 9.17) is 10.5 Å².